The van der Waals surface area contributed by atoms with Crippen molar-refractivity contribution >= 4 is 27.8 Å². The van der Waals surface area contributed by atoms with Crippen molar-refractivity contribution in [3.8, 4) is 0 Å². The number of benzene rings is 1. The van der Waals surface area contributed by atoms with Crippen LogP contribution in [0.3, 0.4) is 0 Å². The lowest BCUT2D eigenvalue weighted by Crippen LogP contribution is -2.45. The smallest absolute Gasteiger partial charge is 0.225 e. The van der Waals surface area contributed by atoms with E-state index in [2.05, 4.69) is 71.6 Å². The van der Waals surface area contributed by atoms with E-state index in [4.69, 9.17) is 4.99 Å². The molecule has 1 atom stereocenters. The van der Waals surface area contributed by atoms with Gasteiger partial charge in [-0.3, -0.25) is 9.79 Å². The second-order valence-corrected chi connectivity index (χ2v) is 9.07. The fraction of sp³-hybridized carbons (Fsp3) is 0.619. The molecule has 0 bridgehead atoms. The van der Waals surface area contributed by atoms with E-state index >= 15 is 0 Å². The molecular formula is C21H33BrN4O. The molecule has 1 amide bonds. The standard InChI is InChI=1S/C21H33BrN4O/c1-6-23-20(25-18-11-12-26(13-18)19(27)15(2)3)24-14-21(4,5)16-7-9-17(22)10-8-16/h7-10,15,18H,6,11-14H2,1-5H3,(H2,23,24,25). The summed E-state index contributed by atoms with van der Waals surface area (Å²) in [4.78, 5) is 19.0. The molecule has 27 heavy (non-hydrogen) atoms. The van der Waals surface area contributed by atoms with Gasteiger partial charge in [-0.1, -0.05) is 55.8 Å². The van der Waals surface area contributed by atoms with Crippen LogP contribution in [0, 0.1) is 5.92 Å². The summed E-state index contributed by atoms with van der Waals surface area (Å²) in [5, 5.41) is 6.85. The zero-order valence-electron chi connectivity index (χ0n) is 17.2. The van der Waals surface area contributed by atoms with Gasteiger partial charge >= 0.3 is 0 Å². The van der Waals surface area contributed by atoms with Gasteiger partial charge in [0.1, 0.15) is 0 Å². The van der Waals surface area contributed by atoms with E-state index in [0.29, 0.717) is 6.54 Å². The average Bonchev–Trinajstić information content (AvgIpc) is 3.08. The highest BCUT2D eigenvalue weighted by Crippen LogP contribution is 2.25. The third kappa shape index (κ3) is 6.23. The molecule has 5 nitrogen and oxygen atoms in total. The molecule has 1 aromatic rings. The number of aliphatic imine (C=N–C) groups is 1. The van der Waals surface area contributed by atoms with Crippen molar-refractivity contribution < 1.29 is 4.79 Å². The number of guanidine groups is 1. The third-order valence-electron chi connectivity index (χ3n) is 4.94. The van der Waals surface area contributed by atoms with Crippen molar-refractivity contribution in [3.05, 3.63) is 34.3 Å². The van der Waals surface area contributed by atoms with Crippen LogP contribution >= 0.6 is 15.9 Å². The average molecular weight is 437 g/mol. The number of likely N-dealkylation sites (tertiary alicyclic amines) is 1. The van der Waals surface area contributed by atoms with Crippen LogP contribution in [0.1, 0.15) is 46.6 Å². The number of carbonyl (C=O) groups excluding carboxylic acids is 1. The van der Waals surface area contributed by atoms with Crippen LogP contribution in [0.5, 0.6) is 0 Å². The first kappa shape index (κ1) is 21.7. The normalized spacial score (nSPS) is 18.1. The number of halogens is 1. The largest absolute Gasteiger partial charge is 0.357 e. The minimum atomic E-state index is -0.0572. The van der Waals surface area contributed by atoms with Crippen LogP contribution in [0.15, 0.2) is 33.7 Å². The summed E-state index contributed by atoms with van der Waals surface area (Å²) in [5.74, 6) is 1.11. The molecule has 1 heterocycles. The molecule has 1 fully saturated rings. The van der Waals surface area contributed by atoms with Gasteiger partial charge in [0.05, 0.1) is 6.54 Å². The van der Waals surface area contributed by atoms with Crippen LogP contribution in [-0.2, 0) is 10.2 Å². The molecule has 0 saturated carbocycles. The molecule has 150 valence electrons. The Hall–Kier alpha value is -1.56. The van der Waals surface area contributed by atoms with E-state index in [1.54, 1.807) is 0 Å². The maximum atomic E-state index is 12.2. The van der Waals surface area contributed by atoms with E-state index in [1.807, 2.05) is 18.7 Å². The Bertz CT molecular complexity index is 655. The van der Waals surface area contributed by atoms with E-state index in [1.165, 1.54) is 5.56 Å². The monoisotopic (exact) mass is 436 g/mol. The van der Waals surface area contributed by atoms with Crippen molar-refractivity contribution in [1.29, 1.82) is 0 Å². The van der Waals surface area contributed by atoms with E-state index in [-0.39, 0.29) is 23.3 Å². The van der Waals surface area contributed by atoms with Crippen LogP contribution in [-0.4, -0.2) is 49.0 Å². The van der Waals surface area contributed by atoms with Crippen LogP contribution in [0.4, 0.5) is 0 Å². The fourth-order valence-electron chi connectivity index (χ4n) is 3.23. The number of hydrogen-bond donors (Lipinski definition) is 2. The van der Waals surface area contributed by atoms with Gasteiger partial charge in [-0.25, -0.2) is 0 Å². The molecule has 2 rings (SSSR count). The van der Waals surface area contributed by atoms with Gasteiger partial charge in [-0.05, 0) is 31.0 Å². The Morgan fingerprint density at radius 1 is 1.33 bits per heavy atom. The van der Waals surface area contributed by atoms with Gasteiger partial charge in [0.15, 0.2) is 5.96 Å². The zero-order valence-corrected chi connectivity index (χ0v) is 18.8. The number of carbonyl (C=O) groups is 1. The molecule has 0 aromatic heterocycles. The Balaban J connectivity index is 2.00. The summed E-state index contributed by atoms with van der Waals surface area (Å²) in [7, 11) is 0. The quantitative estimate of drug-likeness (QED) is 0.529. The molecule has 0 aliphatic carbocycles. The first-order chi connectivity index (χ1) is 12.7. The lowest BCUT2D eigenvalue weighted by atomic mass is 9.85. The molecule has 1 saturated heterocycles. The Morgan fingerprint density at radius 3 is 2.59 bits per heavy atom. The van der Waals surface area contributed by atoms with Crippen molar-refractivity contribution in [2.45, 2.75) is 52.5 Å². The van der Waals surface area contributed by atoms with Gasteiger partial charge in [0.2, 0.25) is 5.91 Å². The van der Waals surface area contributed by atoms with E-state index in [0.717, 1.165) is 36.5 Å². The molecule has 1 aromatic carbocycles. The zero-order chi connectivity index (χ0) is 20.0. The predicted molar refractivity (Wildman–Crippen MR) is 116 cm³/mol. The van der Waals surface area contributed by atoms with Gasteiger partial charge in [0.25, 0.3) is 0 Å². The second-order valence-electron chi connectivity index (χ2n) is 8.15. The highest BCUT2D eigenvalue weighted by molar-refractivity contribution is 9.10. The Kier molecular flexibility index (Phi) is 7.71. The van der Waals surface area contributed by atoms with Crippen LogP contribution in [0.25, 0.3) is 0 Å². The van der Waals surface area contributed by atoms with Crippen LogP contribution in [0.2, 0.25) is 0 Å². The Morgan fingerprint density at radius 2 is 2.00 bits per heavy atom. The number of nitrogens with one attached hydrogen (secondary N) is 2. The summed E-state index contributed by atoms with van der Waals surface area (Å²) >= 11 is 3.49. The number of rotatable bonds is 6. The van der Waals surface area contributed by atoms with Gasteiger partial charge < -0.3 is 15.5 Å². The maximum absolute atomic E-state index is 12.2. The predicted octanol–water partition coefficient (Wildman–Crippen LogP) is 3.54. The van der Waals surface area contributed by atoms with E-state index < -0.39 is 0 Å². The second kappa shape index (κ2) is 9.58. The first-order valence-electron chi connectivity index (χ1n) is 9.82. The molecule has 1 aliphatic heterocycles. The SMILES string of the molecule is CCNC(=NCC(C)(C)c1ccc(Br)cc1)NC1CCN(C(=O)C(C)C)C1. The van der Waals surface area contributed by atoms with E-state index in [9.17, 15) is 4.79 Å². The third-order valence-corrected chi connectivity index (χ3v) is 5.47. The first-order valence-corrected chi connectivity index (χ1v) is 10.6. The van der Waals surface area contributed by atoms with Crippen LogP contribution < -0.4 is 10.6 Å². The minimum absolute atomic E-state index is 0.0531. The minimum Gasteiger partial charge on any atom is -0.357 e. The topological polar surface area (TPSA) is 56.7 Å². The number of nitrogens with zero attached hydrogens (tertiary/aromatic N) is 2. The summed E-state index contributed by atoms with van der Waals surface area (Å²) in [6.45, 7) is 13.5. The maximum Gasteiger partial charge on any atom is 0.225 e. The molecule has 0 spiro atoms. The molecule has 2 N–H and O–H groups in total. The molecular weight excluding hydrogens is 404 g/mol. The van der Waals surface area contributed by atoms with Crippen molar-refractivity contribution in [3.63, 3.8) is 0 Å². The highest BCUT2D eigenvalue weighted by atomic mass is 79.9. The summed E-state index contributed by atoms with van der Waals surface area (Å²) < 4.78 is 1.09. The summed E-state index contributed by atoms with van der Waals surface area (Å²) in [6, 6.07) is 8.69. The highest BCUT2D eigenvalue weighted by Gasteiger charge is 2.28. The summed E-state index contributed by atoms with van der Waals surface area (Å²) in [6.07, 6.45) is 0.957. The lowest BCUT2D eigenvalue weighted by molar-refractivity contribution is -0.133. The molecule has 0 radical (unpaired) electrons. The molecule has 6 heteroatoms. The van der Waals surface area contributed by atoms with Gasteiger partial charge in [-0.2, -0.15) is 0 Å². The van der Waals surface area contributed by atoms with Crippen molar-refractivity contribution in [2.75, 3.05) is 26.2 Å². The Labute approximate surface area is 172 Å². The van der Waals surface area contributed by atoms with Gasteiger partial charge in [-0.15, -0.1) is 0 Å². The number of hydrogen-bond acceptors (Lipinski definition) is 2. The molecule has 1 aliphatic rings. The summed E-state index contributed by atoms with van der Waals surface area (Å²) in [5.41, 5.74) is 1.21. The van der Waals surface area contributed by atoms with Gasteiger partial charge in [0, 0.05) is 41.5 Å². The molecule has 1 unspecified atom stereocenters. The fourth-order valence-corrected chi connectivity index (χ4v) is 3.49. The van der Waals surface area contributed by atoms with Crippen molar-refractivity contribution in [2.24, 2.45) is 10.9 Å². The lowest BCUT2D eigenvalue weighted by Gasteiger charge is -2.25. The number of amides is 1. The van der Waals surface area contributed by atoms with Crippen molar-refractivity contribution in [1.82, 2.24) is 15.5 Å².